The van der Waals surface area contributed by atoms with Crippen LogP contribution in [0.15, 0.2) is 36.5 Å². The van der Waals surface area contributed by atoms with E-state index in [9.17, 15) is 0 Å². The van der Waals surface area contributed by atoms with Gasteiger partial charge < -0.3 is 4.58 Å². The molecule has 0 aromatic heterocycles. The Morgan fingerprint density at radius 1 is 1.33 bits per heavy atom. The molecular formula is C10H8IrN-. The summed E-state index contributed by atoms with van der Waals surface area (Å²) in [6, 6.07) is 11.0. The van der Waals surface area contributed by atoms with Gasteiger partial charge in [0.05, 0.1) is 12.4 Å². The molecule has 0 aliphatic carbocycles. The van der Waals surface area contributed by atoms with E-state index in [0.717, 1.165) is 12.1 Å². The van der Waals surface area contributed by atoms with E-state index < -0.39 is 0 Å². The van der Waals surface area contributed by atoms with Crippen LogP contribution in [-0.4, -0.2) is 10.8 Å². The van der Waals surface area contributed by atoms with Crippen molar-refractivity contribution in [1.82, 2.24) is 0 Å². The largest absolute Gasteiger partial charge is 0.352 e. The molecule has 1 aromatic carbocycles. The van der Waals surface area contributed by atoms with E-state index in [1.165, 1.54) is 0 Å². The summed E-state index contributed by atoms with van der Waals surface area (Å²) >= 11 is 0. The summed E-state index contributed by atoms with van der Waals surface area (Å²) in [5, 5.41) is 0. The van der Waals surface area contributed by atoms with Crippen LogP contribution < -0.4 is 0 Å². The van der Waals surface area contributed by atoms with Gasteiger partial charge in [0.2, 0.25) is 0 Å². The minimum absolute atomic E-state index is 0. The van der Waals surface area contributed by atoms with Crippen molar-refractivity contribution in [3.63, 3.8) is 0 Å². The van der Waals surface area contributed by atoms with Gasteiger partial charge in [0.1, 0.15) is 0 Å². The normalized spacial score (nSPS) is 13.8. The van der Waals surface area contributed by atoms with Crippen molar-refractivity contribution in [2.45, 2.75) is 6.42 Å². The maximum Gasteiger partial charge on any atom is 0.0947 e. The Hall–Kier alpha value is -0.721. The maximum absolute atomic E-state index is 3.16. The van der Waals surface area contributed by atoms with Gasteiger partial charge in [-0.2, -0.15) is 30.3 Å². The minimum Gasteiger partial charge on any atom is -0.352 e. The van der Waals surface area contributed by atoms with Crippen LogP contribution in [0, 0.1) is 6.07 Å². The molecule has 2 heteroatoms. The average Bonchev–Trinajstić information content (AvgIpc) is 2.58. The Bertz CT molecular complexity index is 301. The second-order valence-electron chi connectivity index (χ2n) is 2.36. The Morgan fingerprint density at radius 3 is 2.83 bits per heavy atom. The van der Waals surface area contributed by atoms with Gasteiger partial charge in [-0.05, 0) is 12.1 Å². The van der Waals surface area contributed by atoms with Crippen molar-refractivity contribution < 1.29 is 24.7 Å². The van der Waals surface area contributed by atoms with E-state index in [1.54, 1.807) is 0 Å². The quantitative estimate of drug-likeness (QED) is 0.546. The zero-order chi connectivity index (χ0) is 7.52. The molecule has 1 nitrogen and oxygen atoms in total. The summed E-state index contributed by atoms with van der Waals surface area (Å²) in [5.41, 5.74) is 1.06. The van der Waals surface area contributed by atoms with Crippen LogP contribution in [0.2, 0.25) is 0 Å². The summed E-state index contributed by atoms with van der Waals surface area (Å²) < 4.78 is 1.96. The fourth-order valence-corrected chi connectivity index (χ4v) is 1.06. The Balaban J connectivity index is 0.000000720. The number of para-hydroxylation sites is 1. The first-order valence-corrected chi connectivity index (χ1v) is 3.63. The molecule has 0 unspecified atom stereocenters. The van der Waals surface area contributed by atoms with E-state index in [1.807, 2.05) is 35.0 Å². The Kier molecular flexibility index (Phi) is 3.39. The van der Waals surface area contributed by atoms with E-state index in [2.05, 4.69) is 18.4 Å². The number of benzene rings is 1. The van der Waals surface area contributed by atoms with Crippen LogP contribution in [0.1, 0.15) is 6.42 Å². The fraction of sp³-hybridized carbons (Fsp3) is 0.100. The third kappa shape index (κ3) is 1.90. The topological polar surface area (TPSA) is 3.01 Å². The first kappa shape index (κ1) is 9.37. The van der Waals surface area contributed by atoms with Crippen molar-refractivity contribution in [3.05, 3.63) is 42.6 Å². The number of hydrogen-bond acceptors (Lipinski definition) is 0. The molecule has 12 heavy (non-hydrogen) atoms. The van der Waals surface area contributed by atoms with Crippen molar-refractivity contribution >= 4 is 11.9 Å². The molecule has 0 fully saturated rings. The Labute approximate surface area is 85.8 Å². The average molecular weight is 334 g/mol. The van der Waals surface area contributed by atoms with Gasteiger partial charge in [0, 0.05) is 20.1 Å². The maximum atomic E-state index is 3.16. The van der Waals surface area contributed by atoms with Gasteiger partial charge in [-0.25, -0.2) is 0 Å². The molecule has 1 aliphatic heterocycles. The predicted molar refractivity (Wildman–Crippen MR) is 44.0 cm³/mol. The van der Waals surface area contributed by atoms with Gasteiger partial charge in [0.15, 0.2) is 0 Å². The molecule has 1 aromatic rings. The molecule has 1 aliphatic rings. The number of hydrogen-bond donors (Lipinski definition) is 0. The summed E-state index contributed by atoms with van der Waals surface area (Å²) in [7, 11) is 0. The number of nitrogens with zero attached hydrogens (tertiary/aromatic N) is 1. The Morgan fingerprint density at radius 2 is 2.25 bits per heavy atom. The summed E-state index contributed by atoms with van der Waals surface area (Å²) in [5.74, 6) is 0. The molecule has 0 saturated carbocycles. The van der Waals surface area contributed by atoms with Gasteiger partial charge in [-0.3, -0.25) is 0 Å². The first-order valence-electron chi connectivity index (χ1n) is 3.63. The van der Waals surface area contributed by atoms with Gasteiger partial charge in [-0.1, -0.05) is 6.08 Å². The zero-order valence-corrected chi connectivity index (χ0v) is 8.85. The van der Waals surface area contributed by atoms with Crippen LogP contribution in [0.5, 0.6) is 0 Å². The monoisotopic (exact) mass is 335 g/mol. The third-order valence-electron chi connectivity index (χ3n) is 1.59. The summed E-state index contributed by atoms with van der Waals surface area (Å²) in [6.45, 7) is 0. The molecule has 1 radical (unpaired) electrons. The molecule has 0 amide bonds. The molecule has 63 valence electrons. The third-order valence-corrected chi connectivity index (χ3v) is 1.59. The predicted octanol–water partition coefficient (Wildman–Crippen LogP) is 1.99. The fourth-order valence-electron chi connectivity index (χ4n) is 1.06. The second kappa shape index (κ2) is 4.34. The summed E-state index contributed by atoms with van der Waals surface area (Å²) in [6.07, 6.45) is 8.15. The molecule has 1 heterocycles. The molecule has 0 atom stereocenters. The van der Waals surface area contributed by atoms with Crippen LogP contribution in [0.3, 0.4) is 0 Å². The van der Waals surface area contributed by atoms with Gasteiger partial charge in [-0.15, -0.1) is 0 Å². The number of allylic oxidation sites excluding steroid dienone is 1. The van der Waals surface area contributed by atoms with Crippen molar-refractivity contribution in [2.75, 3.05) is 0 Å². The van der Waals surface area contributed by atoms with E-state index >= 15 is 0 Å². The van der Waals surface area contributed by atoms with Crippen molar-refractivity contribution in [3.8, 4) is 0 Å². The smallest absolute Gasteiger partial charge is 0.0947 e. The van der Waals surface area contributed by atoms with Crippen molar-refractivity contribution in [1.29, 1.82) is 0 Å². The van der Waals surface area contributed by atoms with Gasteiger partial charge in [0.25, 0.3) is 0 Å². The first-order chi connectivity index (χ1) is 5.47. The molecule has 2 rings (SSSR count). The van der Waals surface area contributed by atoms with Crippen LogP contribution in [0.4, 0.5) is 5.69 Å². The van der Waals surface area contributed by atoms with E-state index in [0.29, 0.717) is 0 Å². The molecule has 0 spiro atoms. The molecule has 0 saturated heterocycles. The van der Waals surface area contributed by atoms with Crippen molar-refractivity contribution in [2.24, 2.45) is 0 Å². The molecular weight excluding hydrogens is 326 g/mol. The van der Waals surface area contributed by atoms with Crippen LogP contribution in [0.25, 0.3) is 0 Å². The molecule has 0 N–H and O–H groups in total. The zero-order valence-electron chi connectivity index (χ0n) is 6.45. The van der Waals surface area contributed by atoms with E-state index in [-0.39, 0.29) is 20.1 Å². The second-order valence-corrected chi connectivity index (χ2v) is 2.36. The summed E-state index contributed by atoms with van der Waals surface area (Å²) in [4.78, 5) is 0. The SMILES string of the molecule is [C-]1=[N+](c2[c-]cccc2)C=CC1.[Ir]. The standard InChI is InChI=1S/C10H8N.Ir/c1-2-6-10(7-3-1)11-8-4-5-9-11;/h1-4,6,8H,5H2;/q-1;. The number of rotatable bonds is 1. The van der Waals surface area contributed by atoms with Gasteiger partial charge >= 0.3 is 0 Å². The minimum atomic E-state index is 0. The molecule has 0 bridgehead atoms. The van der Waals surface area contributed by atoms with E-state index in [4.69, 9.17) is 0 Å². The van der Waals surface area contributed by atoms with Crippen LogP contribution in [-0.2, 0) is 20.1 Å². The van der Waals surface area contributed by atoms with Crippen LogP contribution >= 0.6 is 0 Å².